The van der Waals surface area contributed by atoms with Crippen LogP contribution < -0.4 is 10.6 Å². The molecule has 2 rings (SSSR count). The van der Waals surface area contributed by atoms with Crippen molar-refractivity contribution in [3.05, 3.63) is 47.7 Å². The summed E-state index contributed by atoms with van der Waals surface area (Å²) < 4.78 is 6.70. The van der Waals surface area contributed by atoms with Crippen LogP contribution in [-0.4, -0.2) is 41.4 Å². The van der Waals surface area contributed by atoms with Crippen LogP contribution >= 0.6 is 0 Å². The standard InChI is InChI=1S/C18H24N4O3/c1-3-25-11-7-10-19-18(24)15-13-16(22(2)21-15)20-17(23)12-14-8-5-4-6-9-14/h4-6,8-9,13H,3,7,10-12H2,1-2H3,(H,19,24)(H,20,23). The maximum absolute atomic E-state index is 12.1. The van der Waals surface area contributed by atoms with Crippen molar-refractivity contribution in [1.82, 2.24) is 15.1 Å². The molecule has 0 aliphatic carbocycles. The van der Waals surface area contributed by atoms with Gasteiger partial charge in [0.25, 0.3) is 5.91 Å². The van der Waals surface area contributed by atoms with E-state index in [-0.39, 0.29) is 23.9 Å². The highest BCUT2D eigenvalue weighted by molar-refractivity contribution is 5.95. The van der Waals surface area contributed by atoms with Crippen LogP contribution in [0.5, 0.6) is 0 Å². The molecule has 1 aromatic carbocycles. The Morgan fingerprint density at radius 2 is 2.00 bits per heavy atom. The largest absolute Gasteiger partial charge is 0.382 e. The quantitative estimate of drug-likeness (QED) is 0.679. The summed E-state index contributed by atoms with van der Waals surface area (Å²) in [6, 6.07) is 11.0. The molecule has 134 valence electrons. The Balaban J connectivity index is 1.86. The Bertz CT molecular complexity index is 698. The first kappa shape index (κ1) is 18.7. The topological polar surface area (TPSA) is 85.3 Å². The Morgan fingerprint density at radius 1 is 1.24 bits per heavy atom. The zero-order valence-corrected chi connectivity index (χ0v) is 14.6. The fraction of sp³-hybridized carbons (Fsp3) is 0.389. The zero-order chi connectivity index (χ0) is 18.1. The second-order valence-electron chi connectivity index (χ2n) is 5.56. The van der Waals surface area contributed by atoms with Gasteiger partial charge in [0, 0.05) is 32.9 Å². The molecule has 7 nitrogen and oxygen atoms in total. The first-order valence-electron chi connectivity index (χ1n) is 8.34. The molecule has 0 spiro atoms. The Hall–Kier alpha value is -2.67. The number of amides is 2. The normalized spacial score (nSPS) is 10.5. The van der Waals surface area contributed by atoms with Crippen molar-refractivity contribution in [1.29, 1.82) is 0 Å². The van der Waals surface area contributed by atoms with Crippen molar-refractivity contribution in [2.45, 2.75) is 19.8 Å². The molecule has 0 saturated heterocycles. The van der Waals surface area contributed by atoms with Gasteiger partial charge in [0.1, 0.15) is 5.82 Å². The van der Waals surface area contributed by atoms with Crippen LogP contribution in [0.4, 0.5) is 5.82 Å². The van der Waals surface area contributed by atoms with Gasteiger partial charge >= 0.3 is 0 Å². The van der Waals surface area contributed by atoms with Gasteiger partial charge in [0.2, 0.25) is 5.91 Å². The van der Waals surface area contributed by atoms with E-state index in [0.717, 1.165) is 12.0 Å². The molecular weight excluding hydrogens is 320 g/mol. The number of rotatable bonds is 9. The molecule has 0 atom stereocenters. The van der Waals surface area contributed by atoms with E-state index < -0.39 is 0 Å². The van der Waals surface area contributed by atoms with Gasteiger partial charge in [-0.2, -0.15) is 5.10 Å². The van der Waals surface area contributed by atoms with Crippen LogP contribution in [0.25, 0.3) is 0 Å². The van der Waals surface area contributed by atoms with Crippen molar-refractivity contribution in [2.24, 2.45) is 7.05 Å². The number of carbonyl (C=O) groups excluding carboxylic acids is 2. The summed E-state index contributed by atoms with van der Waals surface area (Å²) in [6.45, 7) is 3.73. The van der Waals surface area contributed by atoms with Crippen LogP contribution in [0, 0.1) is 0 Å². The summed E-state index contributed by atoms with van der Waals surface area (Å²) in [6.07, 6.45) is 1.01. The molecule has 0 bridgehead atoms. The van der Waals surface area contributed by atoms with Crippen LogP contribution in [-0.2, 0) is 23.0 Å². The molecule has 25 heavy (non-hydrogen) atoms. The highest BCUT2D eigenvalue weighted by Gasteiger charge is 2.14. The van der Waals surface area contributed by atoms with Crippen molar-refractivity contribution in [2.75, 3.05) is 25.1 Å². The van der Waals surface area contributed by atoms with E-state index in [1.165, 1.54) is 4.68 Å². The molecule has 1 heterocycles. The molecule has 2 aromatic rings. The lowest BCUT2D eigenvalue weighted by atomic mass is 10.1. The minimum atomic E-state index is -0.268. The lowest BCUT2D eigenvalue weighted by Crippen LogP contribution is -2.25. The van der Waals surface area contributed by atoms with Crippen molar-refractivity contribution >= 4 is 17.6 Å². The second-order valence-corrected chi connectivity index (χ2v) is 5.56. The average molecular weight is 344 g/mol. The lowest BCUT2D eigenvalue weighted by Gasteiger charge is -2.04. The highest BCUT2D eigenvalue weighted by atomic mass is 16.5. The van der Waals surface area contributed by atoms with Gasteiger partial charge in [-0.15, -0.1) is 0 Å². The number of carbonyl (C=O) groups is 2. The Kier molecular flexibility index (Phi) is 7.16. The fourth-order valence-corrected chi connectivity index (χ4v) is 2.27. The summed E-state index contributed by atoms with van der Waals surface area (Å²) in [5.41, 5.74) is 1.20. The first-order chi connectivity index (χ1) is 12.1. The summed E-state index contributed by atoms with van der Waals surface area (Å²) in [7, 11) is 1.68. The van der Waals surface area contributed by atoms with Crippen LogP contribution in [0.2, 0.25) is 0 Å². The molecule has 0 saturated carbocycles. The third kappa shape index (κ3) is 6.04. The van der Waals surface area contributed by atoms with Gasteiger partial charge in [-0.25, -0.2) is 0 Å². The van der Waals surface area contributed by atoms with Gasteiger partial charge in [-0.1, -0.05) is 30.3 Å². The highest BCUT2D eigenvalue weighted by Crippen LogP contribution is 2.10. The predicted molar refractivity (Wildman–Crippen MR) is 95.4 cm³/mol. The van der Waals surface area contributed by atoms with E-state index >= 15 is 0 Å². The number of hydrogen-bond donors (Lipinski definition) is 2. The van der Waals surface area contributed by atoms with Gasteiger partial charge in [0.15, 0.2) is 5.69 Å². The molecule has 2 N–H and O–H groups in total. The molecule has 1 aromatic heterocycles. The molecule has 2 amide bonds. The number of nitrogens with zero attached hydrogens (tertiary/aromatic N) is 2. The van der Waals surface area contributed by atoms with E-state index in [1.54, 1.807) is 13.1 Å². The molecule has 0 fully saturated rings. The number of ether oxygens (including phenoxy) is 1. The number of benzene rings is 1. The molecule has 0 aliphatic heterocycles. The predicted octanol–water partition coefficient (Wildman–Crippen LogP) is 1.76. The Morgan fingerprint density at radius 3 is 2.72 bits per heavy atom. The molecule has 0 radical (unpaired) electrons. The maximum atomic E-state index is 12.1. The van der Waals surface area contributed by atoms with E-state index in [9.17, 15) is 9.59 Å². The molecule has 7 heteroatoms. The van der Waals surface area contributed by atoms with E-state index in [2.05, 4.69) is 15.7 Å². The summed E-state index contributed by atoms with van der Waals surface area (Å²) in [4.78, 5) is 24.2. The minimum Gasteiger partial charge on any atom is -0.382 e. The van der Waals surface area contributed by atoms with Gasteiger partial charge in [-0.3, -0.25) is 14.3 Å². The Labute approximate surface area is 147 Å². The van der Waals surface area contributed by atoms with Gasteiger partial charge in [0.05, 0.1) is 6.42 Å². The molecular formula is C18H24N4O3. The van der Waals surface area contributed by atoms with Gasteiger partial charge in [-0.05, 0) is 18.9 Å². The average Bonchev–Trinajstić information content (AvgIpc) is 2.96. The van der Waals surface area contributed by atoms with Crippen LogP contribution in [0.15, 0.2) is 36.4 Å². The second kappa shape index (κ2) is 9.58. The summed E-state index contributed by atoms with van der Waals surface area (Å²) >= 11 is 0. The van der Waals surface area contributed by atoms with Crippen LogP contribution in [0.3, 0.4) is 0 Å². The SMILES string of the molecule is CCOCCCNC(=O)c1cc(NC(=O)Cc2ccccc2)n(C)n1. The number of aryl methyl sites for hydroxylation is 1. The first-order valence-corrected chi connectivity index (χ1v) is 8.34. The third-order valence-electron chi connectivity index (χ3n) is 3.54. The van der Waals surface area contributed by atoms with Crippen LogP contribution in [0.1, 0.15) is 29.4 Å². The monoisotopic (exact) mass is 344 g/mol. The smallest absolute Gasteiger partial charge is 0.271 e. The summed E-state index contributed by atoms with van der Waals surface area (Å²) in [5, 5.41) is 9.71. The number of anilines is 1. The number of hydrogen-bond acceptors (Lipinski definition) is 4. The van der Waals surface area contributed by atoms with E-state index in [1.807, 2.05) is 37.3 Å². The van der Waals surface area contributed by atoms with Gasteiger partial charge < -0.3 is 15.4 Å². The minimum absolute atomic E-state index is 0.155. The summed E-state index contributed by atoms with van der Waals surface area (Å²) in [5.74, 6) is 0.0638. The van der Waals surface area contributed by atoms with E-state index in [4.69, 9.17) is 4.74 Å². The van der Waals surface area contributed by atoms with Crippen molar-refractivity contribution in [3.63, 3.8) is 0 Å². The van der Waals surface area contributed by atoms with E-state index in [0.29, 0.717) is 25.6 Å². The number of nitrogens with one attached hydrogen (secondary N) is 2. The van der Waals surface area contributed by atoms with Crippen molar-refractivity contribution in [3.8, 4) is 0 Å². The zero-order valence-electron chi connectivity index (χ0n) is 14.6. The maximum Gasteiger partial charge on any atom is 0.271 e. The number of aromatic nitrogens is 2. The molecule has 0 aliphatic rings. The fourth-order valence-electron chi connectivity index (χ4n) is 2.27. The third-order valence-corrected chi connectivity index (χ3v) is 3.54. The lowest BCUT2D eigenvalue weighted by molar-refractivity contribution is -0.115. The van der Waals surface area contributed by atoms with Crippen molar-refractivity contribution < 1.29 is 14.3 Å². The molecule has 0 unspecified atom stereocenters.